The van der Waals surface area contributed by atoms with Gasteiger partial charge in [0.2, 0.25) is 0 Å². The second-order valence-electron chi connectivity index (χ2n) is 5.82. The first-order valence-corrected chi connectivity index (χ1v) is 7.49. The highest BCUT2D eigenvalue weighted by atomic mass is 19.1. The van der Waals surface area contributed by atoms with Crippen molar-refractivity contribution < 1.29 is 9.50 Å². The van der Waals surface area contributed by atoms with Crippen molar-refractivity contribution in [1.29, 1.82) is 0 Å². The van der Waals surface area contributed by atoms with Crippen LogP contribution in [0.3, 0.4) is 0 Å². The maximum Gasteiger partial charge on any atom is 0.141 e. The smallest absolute Gasteiger partial charge is 0.141 e. The molecule has 1 saturated carbocycles. The highest BCUT2D eigenvalue weighted by Gasteiger charge is 2.26. The van der Waals surface area contributed by atoms with E-state index in [4.69, 9.17) is 0 Å². The van der Waals surface area contributed by atoms with Crippen molar-refractivity contribution in [3.05, 3.63) is 29.8 Å². The number of pyridine rings is 1. The van der Waals surface area contributed by atoms with E-state index in [1.54, 1.807) is 6.20 Å². The maximum absolute atomic E-state index is 13.2. The van der Waals surface area contributed by atoms with E-state index in [1.165, 1.54) is 44.4 Å². The molecule has 114 valence electrons. The minimum atomic E-state index is -0.569. The number of rotatable bonds is 4. The lowest BCUT2D eigenvalue weighted by Gasteiger charge is -2.24. The number of hydrogen-bond acceptors (Lipinski definition) is 2. The second-order valence-corrected chi connectivity index (χ2v) is 5.82. The number of aliphatic hydroxyl groups is 1. The van der Waals surface area contributed by atoms with E-state index in [-0.39, 0.29) is 19.2 Å². The largest absolute Gasteiger partial charge is 0.388 e. The quantitative estimate of drug-likeness (QED) is 0.797. The minimum absolute atomic E-state index is 0. The fourth-order valence-corrected chi connectivity index (χ4v) is 3.32. The van der Waals surface area contributed by atoms with Crippen molar-refractivity contribution in [2.45, 2.75) is 65.4 Å². The van der Waals surface area contributed by atoms with Gasteiger partial charge in [0, 0.05) is 11.8 Å². The van der Waals surface area contributed by atoms with Gasteiger partial charge in [-0.3, -0.25) is 4.98 Å². The summed E-state index contributed by atoms with van der Waals surface area (Å²) in [4.78, 5) is 3.84. The molecular weight excluding hydrogens is 253 g/mol. The zero-order valence-electron chi connectivity index (χ0n) is 11.7. The molecular formula is C17H28FNO. The summed E-state index contributed by atoms with van der Waals surface area (Å²) in [6.45, 7) is 2.22. The topological polar surface area (TPSA) is 33.1 Å². The van der Waals surface area contributed by atoms with Gasteiger partial charge in [0.1, 0.15) is 5.82 Å². The fourth-order valence-electron chi connectivity index (χ4n) is 3.32. The molecule has 20 heavy (non-hydrogen) atoms. The van der Waals surface area contributed by atoms with Gasteiger partial charge in [0.05, 0.1) is 12.3 Å². The summed E-state index contributed by atoms with van der Waals surface area (Å²) >= 11 is 0. The highest BCUT2D eigenvalue weighted by molar-refractivity contribution is 5.14. The lowest BCUT2D eigenvalue weighted by atomic mass is 9.85. The van der Waals surface area contributed by atoms with Gasteiger partial charge in [-0.05, 0) is 30.7 Å². The van der Waals surface area contributed by atoms with Gasteiger partial charge >= 0.3 is 0 Å². The van der Waals surface area contributed by atoms with Crippen molar-refractivity contribution in [2.75, 3.05) is 0 Å². The van der Waals surface area contributed by atoms with Gasteiger partial charge in [-0.2, -0.15) is 0 Å². The molecule has 2 rings (SSSR count). The van der Waals surface area contributed by atoms with Crippen LogP contribution in [0.2, 0.25) is 0 Å². The zero-order valence-corrected chi connectivity index (χ0v) is 11.7. The highest BCUT2D eigenvalue weighted by Crippen LogP contribution is 2.37. The lowest BCUT2D eigenvalue weighted by Crippen LogP contribution is -2.15. The molecule has 2 nitrogen and oxygen atoms in total. The molecule has 1 N–H and O–H groups in total. The van der Waals surface area contributed by atoms with Crippen LogP contribution in [0.15, 0.2) is 18.5 Å². The SMILES string of the molecule is C.CCC[C@H]1CCCC[C@@H]([C@H](O)c2cncc(F)c2)C1. The Morgan fingerprint density at radius 3 is 2.80 bits per heavy atom. The van der Waals surface area contributed by atoms with Crippen molar-refractivity contribution in [3.63, 3.8) is 0 Å². The van der Waals surface area contributed by atoms with Crippen molar-refractivity contribution in [3.8, 4) is 0 Å². The molecule has 0 spiro atoms. The summed E-state index contributed by atoms with van der Waals surface area (Å²) in [5, 5.41) is 10.5. The molecule has 0 aromatic carbocycles. The van der Waals surface area contributed by atoms with E-state index in [0.717, 1.165) is 12.8 Å². The first kappa shape index (κ1) is 17.1. The number of nitrogens with zero attached hydrogens (tertiary/aromatic N) is 1. The molecule has 0 saturated heterocycles. The molecule has 3 heteroatoms. The molecule has 0 bridgehead atoms. The van der Waals surface area contributed by atoms with Gasteiger partial charge in [-0.15, -0.1) is 0 Å². The van der Waals surface area contributed by atoms with Crippen LogP contribution in [0.1, 0.15) is 71.0 Å². The average Bonchev–Trinajstić information content (AvgIpc) is 2.64. The Morgan fingerprint density at radius 1 is 1.35 bits per heavy atom. The molecule has 0 aliphatic heterocycles. The second kappa shape index (κ2) is 8.35. The Labute approximate surface area is 122 Å². The first-order valence-electron chi connectivity index (χ1n) is 7.49. The van der Waals surface area contributed by atoms with Crippen LogP contribution in [0.4, 0.5) is 4.39 Å². The molecule has 1 aliphatic carbocycles. The van der Waals surface area contributed by atoms with Crippen molar-refractivity contribution in [1.82, 2.24) is 4.98 Å². The molecule has 0 unspecified atom stereocenters. The van der Waals surface area contributed by atoms with E-state index >= 15 is 0 Å². The summed E-state index contributed by atoms with van der Waals surface area (Å²) in [5.74, 6) is 0.603. The molecule has 1 aromatic heterocycles. The number of hydrogen-bond donors (Lipinski definition) is 1. The van der Waals surface area contributed by atoms with Gasteiger partial charge in [-0.25, -0.2) is 4.39 Å². The van der Waals surface area contributed by atoms with E-state index in [2.05, 4.69) is 11.9 Å². The normalized spacial score (nSPS) is 24.6. The molecule has 3 atom stereocenters. The van der Waals surface area contributed by atoms with E-state index in [1.807, 2.05) is 0 Å². The van der Waals surface area contributed by atoms with Crippen LogP contribution in [0.25, 0.3) is 0 Å². The van der Waals surface area contributed by atoms with E-state index in [0.29, 0.717) is 11.5 Å². The number of aliphatic hydroxyl groups excluding tert-OH is 1. The van der Waals surface area contributed by atoms with Crippen LogP contribution >= 0.6 is 0 Å². The molecule has 1 fully saturated rings. The maximum atomic E-state index is 13.2. The van der Waals surface area contributed by atoms with Crippen molar-refractivity contribution >= 4 is 0 Å². The fraction of sp³-hybridized carbons (Fsp3) is 0.706. The summed E-state index contributed by atoms with van der Waals surface area (Å²) in [6, 6.07) is 1.41. The number of halogens is 1. The van der Waals surface area contributed by atoms with E-state index < -0.39 is 6.10 Å². The third-order valence-corrected chi connectivity index (χ3v) is 4.28. The molecule has 0 amide bonds. The monoisotopic (exact) mass is 281 g/mol. The van der Waals surface area contributed by atoms with Gasteiger partial charge in [0.25, 0.3) is 0 Å². The predicted molar refractivity (Wildman–Crippen MR) is 80.9 cm³/mol. The molecule has 1 aliphatic rings. The first-order chi connectivity index (χ1) is 9.20. The van der Waals surface area contributed by atoms with Crippen LogP contribution in [-0.2, 0) is 0 Å². The summed E-state index contributed by atoms with van der Waals surface area (Å²) in [5.41, 5.74) is 0.627. The van der Waals surface area contributed by atoms with Gasteiger partial charge in [-0.1, -0.05) is 46.5 Å². The van der Waals surface area contributed by atoms with Crippen LogP contribution in [-0.4, -0.2) is 10.1 Å². The molecule has 1 heterocycles. The average molecular weight is 281 g/mol. The Kier molecular flexibility index (Phi) is 7.14. The summed E-state index contributed by atoms with van der Waals surface area (Å²) in [7, 11) is 0. The third-order valence-electron chi connectivity index (χ3n) is 4.28. The van der Waals surface area contributed by atoms with Crippen LogP contribution < -0.4 is 0 Å². The lowest BCUT2D eigenvalue weighted by molar-refractivity contribution is 0.0893. The Hall–Kier alpha value is -0.960. The predicted octanol–water partition coefficient (Wildman–Crippen LogP) is 4.89. The van der Waals surface area contributed by atoms with Crippen LogP contribution in [0, 0.1) is 17.7 Å². The molecule has 1 aromatic rings. The summed E-state index contributed by atoms with van der Waals surface area (Å²) in [6.07, 6.45) is 10.5. The number of aromatic nitrogens is 1. The van der Waals surface area contributed by atoms with Gasteiger partial charge in [0.15, 0.2) is 0 Å². The van der Waals surface area contributed by atoms with Crippen LogP contribution in [0.5, 0.6) is 0 Å². The minimum Gasteiger partial charge on any atom is -0.388 e. The standard InChI is InChI=1S/C16H24FNO.CH4/c1-2-5-12-6-3-4-7-13(8-12)16(19)14-9-15(17)11-18-10-14;/h9-13,16,19H,2-8H2,1H3;1H4/t12-,13+,16-;/m0./s1. The van der Waals surface area contributed by atoms with Gasteiger partial charge < -0.3 is 5.11 Å². The Bertz CT molecular complexity index is 396. The Balaban J connectivity index is 0.00000200. The van der Waals surface area contributed by atoms with Crippen molar-refractivity contribution in [2.24, 2.45) is 11.8 Å². The Morgan fingerprint density at radius 2 is 2.10 bits per heavy atom. The molecule has 0 radical (unpaired) electrons. The third kappa shape index (κ3) is 4.55. The summed E-state index contributed by atoms with van der Waals surface area (Å²) < 4.78 is 13.2. The zero-order chi connectivity index (χ0) is 13.7. The van der Waals surface area contributed by atoms with E-state index in [9.17, 15) is 9.50 Å².